The molecule has 0 aromatic heterocycles. The number of amides is 1. The van der Waals surface area contributed by atoms with Crippen molar-refractivity contribution in [2.45, 2.75) is 19.9 Å². The Labute approximate surface area is 117 Å². The van der Waals surface area contributed by atoms with Crippen LogP contribution in [-0.2, 0) is 4.79 Å². The molecule has 0 radical (unpaired) electrons. The van der Waals surface area contributed by atoms with E-state index in [2.05, 4.69) is 5.32 Å². The molecule has 1 amide bonds. The lowest BCUT2D eigenvalue weighted by Gasteiger charge is -2.18. The smallest absolute Gasteiger partial charge is 0.244 e. The van der Waals surface area contributed by atoms with Crippen LogP contribution >= 0.6 is 0 Å². The third-order valence-electron chi connectivity index (χ3n) is 3.02. The van der Waals surface area contributed by atoms with Gasteiger partial charge in [0.05, 0.1) is 0 Å². The number of rotatable bonds is 4. The van der Waals surface area contributed by atoms with Crippen molar-refractivity contribution in [3.05, 3.63) is 65.0 Å². The van der Waals surface area contributed by atoms with E-state index in [0.29, 0.717) is 5.69 Å². The van der Waals surface area contributed by atoms with Crippen molar-refractivity contribution in [1.29, 1.82) is 0 Å². The van der Waals surface area contributed by atoms with Crippen molar-refractivity contribution in [3.8, 4) is 0 Å². The highest BCUT2D eigenvalue weighted by molar-refractivity contribution is 5.84. The maximum Gasteiger partial charge on any atom is 0.244 e. The number of nitrogens with two attached hydrogens (primary N) is 1. The topological polar surface area (TPSA) is 55.1 Å². The molecule has 2 rings (SSSR count). The molecule has 3 nitrogen and oxygen atoms in total. The lowest BCUT2D eigenvalue weighted by molar-refractivity contribution is -0.118. The minimum atomic E-state index is -0.640. The van der Waals surface area contributed by atoms with Gasteiger partial charge in [-0.25, -0.2) is 4.39 Å². The van der Waals surface area contributed by atoms with Gasteiger partial charge in [0.2, 0.25) is 5.91 Å². The third kappa shape index (κ3) is 3.35. The second kappa shape index (κ2) is 5.74. The standard InChI is InChI=1S/C16H17FN2O/c1-10-7-11(2)9-12(8-10)15(16(18)20)19-14-5-3-13(17)4-6-14/h3-9,15,19H,1-2H3,(H2,18,20). The van der Waals surface area contributed by atoms with Gasteiger partial charge in [-0.05, 0) is 43.7 Å². The number of halogens is 1. The molecule has 4 heteroatoms. The number of carbonyl (C=O) groups excluding carboxylic acids is 1. The van der Waals surface area contributed by atoms with Crippen molar-refractivity contribution < 1.29 is 9.18 Å². The van der Waals surface area contributed by atoms with Gasteiger partial charge in [0.25, 0.3) is 0 Å². The zero-order chi connectivity index (χ0) is 14.7. The first kappa shape index (κ1) is 14.1. The molecule has 0 aliphatic rings. The van der Waals surface area contributed by atoms with Gasteiger partial charge in [0, 0.05) is 5.69 Å². The number of anilines is 1. The minimum absolute atomic E-state index is 0.322. The lowest BCUT2D eigenvalue weighted by Crippen LogP contribution is -2.27. The maximum absolute atomic E-state index is 12.9. The summed E-state index contributed by atoms with van der Waals surface area (Å²) in [5, 5.41) is 3.04. The maximum atomic E-state index is 12.9. The Kier molecular flexibility index (Phi) is 4.03. The molecule has 0 heterocycles. The monoisotopic (exact) mass is 272 g/mol. The first-order valence-corrected chi connectivity index (χ1v) is 6.35. The fourth-order valence-corrected chi connectivity index (χ4v) is 2.21. The summed E-state index contributed by atoms with van der Waals surface area (Å²) in [6, 6.07) is 11.0. The average molecular weight is 272 g/mol. The quantitative estimate of drug-likeness (QED) is 0.898. The Bertz CT molecular complexity index is 603. The second-order valence-corrected chi connectivity index (χ2v) is 4.91. The Morgan fingerprint density at radius 1 is 1.10 bits per heavy atom. The van der Waals surface area contributed by atoms with Crippen molar-refractivity contribution in [2.24, 2.45) is 5.73 Å². The van der Waals surface area contributed by atoms with Crippen LogP contribution in [0, 0.1) is 19.7 Å². The van der Waals surface area contributed by atoms with E-state index >= 15 is 0 Å². The predicted molar refractivity (Wildman–Crippen MR) is 77.9 cm³/mol. The van der Waals surface area contributed by atoms with Crippen LogP contribution in [0.3, 0.4) is 0 Å². The Balaban J connectivity index is 2.31. The number of benzene rings is 2. The van der Waals surface area contributed by atoms with Crippen LogP contribution in [0.4, 0.5) is 10.1 Å². The fourth-order valence-electron chi connectivity index (χ4n) is 2.21. The van der Waals surface area contributed by atoms with E-state index in [1.54, 1.807) is 12.1 Å². The molecule has 20 heavy (non-hydrogen) atoms. The molecular formula is C16H17FN2O. The molecule has 1 unspecified atom stereocenters. The normalized spacial score (nSPS) is 11.9. The molecule has 0 saturated carbocycles. The van der Waals surface area contributed by atoms with Gasteiger partial charge in [-0.3, -0.25) is 4.79 Å². The summed E-state index contributed by atoms with van der Waals surface area (Å²) < 4.78 is 12.9. The van der Waals surface area contributed by atoms with Gasteiger partial charge in [-0.15, -0.1) is 0 Å². The van der Waals surface area contributed by atoms with Gasteiger partial charge < -0.3 is 11.1 Å². The van der Waals surface area contributed by atoms with E-state index in [9.17, 15) is 9.18 Å². The van der Waals surface area contributed by atoms with Crippen LogP contribution in [0.2, 0.25) is 0 Å². The third-order valence-corrected chi connectivity index (χ3v) is 3.02. The van der Waals surface area contributed by atoms with Crippen LogP contribution in [0.15, 0.2) is 42.5 Å². The molecule has 0 fully saturated rings. The van der Waals surface area contributed by atoms with E-state index in [4.69, 9.17) is 5.73 Å². The molecule has 0 saturated heterocycles. The van der Waals surface area contributed by atoms with Crippen LogP contribution in [0.25, 0.3) is 0 Å². The Morgan fingerprint density at radius 3 is 2.15 bits per heavy atom. The first-order valence-electron chi connectivity index (χ1n) is 6.35. The van der Waals surface area contributed by atoms with Gasteiger partial charge in [0.15, 0.2) is 0 Å². The number of hydrogen-bond donors (Lipinski definition) is 2. The summed E-state index contributed by atoms with van der Waals surface area (Å²) in [7, 11) is 0. The number of nitrogens with one attached hydrogen (secondary N) is 1. The number of carbonyl (C=O) groups is 1. The zero-order valence-corrected chi connectivity index (χ0v) is 11.5. The minimum Gasteiger partial charge on any atom is -0.370 e. The summed E-state index contributed by atoms with van der Waals surface area (Å²) in [5.74, 6) is -0.795. The molecule has 3 N–H and O–H groups in total. The summed E-state index contributed by atoms with van der Waals surface area (Å²) >= 11 is 0. The summed E-state index contributed by atoms with van der Waals surface area (Å²) in [6.07, 6.45) is 0. The highest BCUT2D eigenvalue weighted by Crippen LogP contribution is 2.22. The van der Waals surface area contributed by atoms with Crippen molar-refractivity contribution in [2.75, 3.05) is 5.32 Å². The molecule has 0 spiro atoms. The SMILES string of the molecule is Cc1cc(C)cc(C(Nc2ccc(F)cc2)C(N)=O)c1. The number of aryl methyl sites for hydroxylation is 2. The largest absolute Gasteiger partial charge is 0.370 e. The van der Waals surface area contributed by atoms with Crippen LogP contribution in [0.5, 0.6) is 0 Å². The molecular weight excluding hydrogens is 255 g/mol. The predicted octanol–water partition coefficient (Wildman–Crippen LogP) is 3.08. The zero-order valence-electron chi connectivity index (χ0n) is 11.5. The summed E-state index contributed by atoms with van der Waals surface area (Å²) in [4.78, 5) is 11.7. The van der Waals surface area contributed by atoms with E-state index in [1.165, 1.54) is 12.1 Å². The Morgan fingerprint density at radius 2 is 1.65 bits per heavy atom. The van der Waals surface area contributed by atoms with Crippen LogP contribution in [0.1, 0.15) is 22.7 Å². The Hall–Kier alpha value is -2.36. The van der Waals surface area contributed by atoms with Crippen LogP contribution in [-0.4, -0.2) is 5.91 Å². The highest BCUT2D eigenvalue weighted by atomic mass is 19.1. The molecule has 0 aliphatic carbocycles. The van der Waals surface area contributed by atoms with Gasteiger partial charge in [-0.2, -0.15) is 0 Å². The van der Waals surface area contributed by atoms with E-state index in [0.717, 1.165) is 16.7 Å². The molecule has 0 bridgehead atoms. The van der Waals surface area contributed by atoms with Crippen molar-refractivity contribution >= 4 is 11.6 Å². The number of primary amides is 1. The van der Waals surface area contributed by atoms with Crippen molar-refractivity contribution in [1.82, 2.24) is 0 Å². The van der Waals surface area contributed by atoms with Gasteiger partial charge in [-0.1, -0.05) is 29.3 Å². The van der Waals surface area contributed by atoms with E-state index in [1.807, 2.05) is 32.0 Å². The van der Waals surface area contributed by atoms with E-state index < -0.39 is 11.9 Å². The molecule has 1 atom stereocenters. The van der Waals surface area contributed by atoms with Gasteiger partial charge in [0.1, 0.15) is 11.9 Å². The van der Waals surface area contributed by atoms with Crippen molar-refractivity contribution in [3.63, 3.8) is 0 Å². The summed E-state index contributed by atoms with van der Waals surface area (Å²) in [5.41, 5.74) is 9.05. The number of hydrogen-bond acceptors (Lipinski definition) is 2. The molecule has 2 aromatic rings. The second-order valence-electron chi connectivity index (χ2n) is 4.91. The molecule has 0 aliphatic heterocycles. The lowest BCUT2D eigenvalue weighted by atomic mass is 10.0. The van der Waals surface area contributed by atoms with Crippen LogP contribution < -0.4 is 11.1 Å². The van der Waals surface area contributed by atoms with Gasteiger partial charge >= 0.3 is 0 Å². The van der Waals surface area contributed by atoms with E-state index in [-0.39, 0.29) is 5.82 Å². The summed E-state index contributed by atoms with van der Waals surface area (Å²) in [6.45, 7) is 3.93. The first-order chi connectivity index (χ1) is 9.45. The fraction of sp³-hybridized carbons (Fsp3) is 0.188. The molecule has 104 valence electrons. The highest BCUT2D eigenvalue weighted by Gasteiger charge is 2.18. The average Bonchev–Trinajstić information content (AvgIpc) is 2.36. The molecule has 2 aromatic carbocycles.